The molecule has 3 nitrogen and oxygen atoms in total. The van der Waals surface area contributed by atoms with E-state index in [0.717, 1.165) is 31.2 Å². The van der Waals surface area contributed by atoms with Crippen molar-refractivity contribution >= 4 is 27.2 Å². The minimum atomic E-state index is -0.0905. The van der Waals surface area contributed by atoms with Gasteiger partial charge in [0.15, 0.2) is 0 Å². The minimum Gasteiger partial charge on any atom is -0.393 e. The van der Waals surface area contributed by atoms with Gasteiger partial charge in [0.25, 0.3) is 0 Å². The number of rotatable bonds is 2. The van der Waals surface area contributed by atoms with Crippen LogP contribution < -0.4 is 5.32 Å². The van der Waals surface area contributed by atoms with Crippen LogP contribution in [-0.2, 0) is 0 Å². The molecule has 0 amide bonds. The Hall–Kier alpha value is -1.13. The highest BCUT2D eigenvalue weighted by Crippen LogP contribution is 2.29. The number of aromatic nitrogens is 1. The van der Waals surface area contributed by atoms with Crippen LogP contribution in [0.4, 0.5) is 5.69 Å². The van der Waals surface area contributed by atoms with Crippen molar-refractivity contribution in [3.05, 3.63) is 23.7 Å². The first-order valence-electron chi connectivity index (χ1n) is 6.10. The summed E-state index contributed by atoms with van der Waals surface area (Å²) in [6.45, 7) is 0. The van der Waals surface area contributed by atoms with Crippen molar-refractivity contribution in [1.82, 2.24) is 4.98 Å². The van der Waals surface area contributed by atoms with Crippen LogP contribution in [-0.4, -0.2) is 22.2 Å². The van der Waals surface area contributed by atoms with E-state index in [1.54, 1.807) is 11.3 Å². The molecule has 0 unspecified atom stereocenters. The molecule has 17 heavy (non-hydrogen) atoms. The summed E-state index contributed by atoms with van der Waals surface area (Å²) in [5.74, 6) is 0. The van der Waals surface area contributed by atoms with E-state index in [1.807, 2.05) is 12.3 Å². The van der Waals surface area contributed by atoms with E-state index >= 15 is 0 Å². The Bertz CT molecular complexity index is 503. The van der Waals surface area contributed by atoms with Gasteiger partial charge in [-0.25, -0.2) is 0 Å². The van der Waals surface area contributed by atoms with Gasteiger partial charge in [0.2, 0.25) is 0 Å². The topological polar surface area (TPSA) is 45.1 Å². The quantitative estimate of drug-likeness (QED) is 0.858. The number of nitrogens with zero attached hydrogens (tertiary/aromatic N) is 1. The molecule has 4 heteroatoms. The maximum Gasteiger partial charge on any atom is 0.0830 e. The highest BCUT2D eigenvalue weighted by atomic mass is 32.1. The summed E-state index contributed by atoms with van der Waals surface area (Å²) in [5.41, 5.74) is 2.25. The first-order chi connectivity index (χ1) is 8.33. The molecular weight excluding hydrogens is 232 g/mol. The van der Waals surface area contributed by atoms with Crippen LogP contribution in [0.3, 0.4) is 0 Å². The number of anilines is 1. The van der Waals surface area contributed by atoms with Crippen molar-refractivity contribution in [3.63, 3.8) is 0 Å². The Morgan fingerprint density at radius 3 is 2.88 bits per heavy atom. The minimum absolute atomic E-state index is 0.0905. The molecule has 1 saturated carbocycles. The third-order valence-corrected chi connectivity index (χ3v) is 4.34. The molecule has 2 aromatic rings. The van der Waals surface area contributed by atoms with Crippen LogP contribution in [0.15, 0.2) is 23.7 Å². The fraction of sp³-hybridized carbons (Fsp3) is 0.462. The molecular formula is C13H16N2OS. The fourth-order valence-corrected chi connectivity index (χ4v) is 3.26. The average Bonchev–Trinajstić information content (AvgIpc) is 2.81. The first kappa shape index (κ1) is 11.0. The van der Waals surface area contributed by atoms with Gasteiger partial charge in [-0.3, -0.25) is 4.98 Å². The lowest BCUT2D eigenvalue weighted by atomic mass is 9.93. The van der Waals surface area contributed by atoms with Crippen molar-refractivity contribution in [2.24, 2.45) is 0 Å². The van der Waals surface area contributed by atoms with E-state index in [1.165, 1.54) is 10.4 Å². The lowest BCUT2D eigenvalue weighted by Gasteiger charge is -2.27. The van der Waals surface area contributed by atoms with Crippen LogP contribution in [0.1, 0.15) is 25.7 Å². The first-order valence-corrected chi connectivity index (χ1v) is 6.98. The summed E-state index contributed by atoms with van der Waals surface area (Å²) in [5, 5.41) is 15.2. The van der Waals surface area contributed by atoms with Gasteiger partial charge in [0.05, 0.1) is 22.0 Å². The Labute approximate surface area is 105 Å². The van der Waals surface area contributed by atoms with Gasteiger partial charge in [-0.05, 0) is 43.2 Å². The van der Waals surface area contributed by atoms with Crippen molar-refractivity contribution < 1.29 is 5.11 Å². The third-order valence-electron chi connectivity index (χ3n) is 3.40. The van der Waals surface area contributed by atoms with Gasteiger partial charge in [0, 0.05) is 12.2 Å². The summed E-state index contributed by atoms with van der Waals surface area (Å²) in [6.07, 6.45) is 5.70. The Kier molecular flexibility index (Phi) is 2.99. The monoisotopic (exact) mass is 248 g/mol. The van der Waals surface area contributed by atoms with Gasteiger partial charge in [-0.1, -0.05) is 0 Å². The molecule has 0 aromatic carbocycles. The standard InChI is InChI=1S/C13H16N2OS/c16-10-3-1-9(2-4-10)15-12-5-7-14-11-6-8-17-13(11)12/h5-10,16H,1-4H2,(H,14,15). The van der Waals surface area contributed by atoms with Crippen molar-refractivity contribution in [1.29, 1.82) is 0 Å². The number of fused-ring (bicyclic) bond motifs is 1. The van der Waals surface area contributed by atoms with Crippen molar-refractivity contribution in [3.8, 4) is 0 Å². The molecule has 1 aliphatic carbocycles. The molecule has 0 atom stereocenters. The van der Waals surface area contributed by atoms with Crippen LogP contribution >= 0.6 is 11.3 Å². The zero-order chi connectivity index (χ0) is 11.7. The fourth-order valence-electron chi connectivity index (χ4n) is 2.43. The highest BCUT2D eigenvalue weighted by Gasteiger charge is 2.19. The van der Waals surface area contributed by atoms with Gasteiger partial charge >= 0.3 is 0 Å². The molecule has 0 bridgehead atoms. The molecule has 1 fully saturated rings. The van der Waals surface area contributed by atoms with Crippen LogP contribution in [0, 0.1) is 0 Å². The number of nitrogens with one attached hydrogen (secondary N) is 1. The molecule has 2 heterocycles. The number of aliphatic hydroxyl groups is 1. The summed E-state index contributed by atoms with van der Waals surface area (Å²) >= 11 is 1.73. The highest BCUT2D eigenvalue weighted by molar-refractivity contribution is 7.17. The van der Waals surface area contributed by atoms with Gasteiger partial charge in [0.1, 0.15) is 0 Å². The predicted molar refractivity (Wildman–Crippen MR) is 71.5 cm³/mol. The summed E-state index contributed by atoms with van der Waals surface area (Å²) in [7, 11) is 0. The van der Waals surface area contributed by atoms with Crippen molar-refractivity contribution in [2.45, 2.75) is 37.8 Å². The summed E-state index contributed by atoms with van der Waals surface area (Å²) in [6, 6.07) is 4.59. The number of pyridine rings is 1. The van der Waals surface area contributed by atoms with Crippen LogP contribution in [0.2, 0.25) is 0 Å². The SMILES string of the molecule is OC1CCC(Nc2ccnc3ccsc23)CC1. The zero-order valence-electron chi connectivity index (χ0n) is 9.60. The van der Waals surface area contributed by atoms with Crippen molar-refractivity contribution in [2.75, 3.05) is 5.32 Å². The van der Waals surface area contributed by atoms with Crippen LogP contribution in [0.25, 0.3) is 10.2 Å². The van der Waals surface area contributed by atoms with Gasteiger partial charge in [-0.15, -0.1) is 11.3 Å². The molecule has 0 spiro atoms. The smallest absolute Gasteiger partial charge is 0.0830 e. The Morgan fingerprint density at radius 2 is 2.06 bits per heavy atom. The predicted octanol–water partition coefficient (Wildman–Crippen LogP) is 3.01. The van der Waals surface area contributed by atoms with Gasteiger partial charge < -0.3 is 10.4 Å². The lowest BCUT2D eigenvalue weighted by Crippen LogP contribution is -2.28. The van der Waals surface area contributed by atoms with Crippen LogP contribution in [0.5, 0.6) is 0 Å². The van der Waals surface area contributed by atoms with Gasteiger partial charge in [-0.2, -0.15) is 0 Å². The van der Waals surface area contributed by atoms with E-state index in [4.69, 9.17) is 0 Å². The second-order valence-electron chi connectivity index (χ2n) is 4.64. The Balaban J connectivity index is 1.78. The second kappa shape index (κ2) is 4.63. The van der Waals surface area contributed by atoms with E-state index in [0.29, 0.717) is 6.04 Å². The largest absolute Gasteiger partial charge is 0.393 e. The van der Waals surface area contributed by atoms with E-state index in [9.17, 15) is 5.11 Å². The number of hydrogen-bond donors (Lipinski definition) is 2. The van der Waals surface area contributed by atoms with E-state index in [2.05, 4.69) is 21.7 Å². The molecule has 90 valence electrons. The molecule has 0 aliphatic heterocycles. The molecule has 2 aromatic heterocycles. The second-order valence-corrected chi connectivity index (χ2v) is 5.56. The van der Waals surface area contributed by atoms with E-state index in [-0.39, 0.29) is 6.10 Å². The number of hydrogen-bond acceptors (Lipinski definition) is 4. The third kappa shape index (κ3) is 2.28. The zero-order valence-corrected chi connectivity index (χ0v) is 10.4. The normalized spacial score (nSPS) is 25.0. The molecule has 1 aliphatic rings. The Morgan fingerprint density at radius 1 is 1.24 bits per heavy atom. The molecule has 3 rings (SSSR count). The maximum absolute atomic E-state index is 9.50. The lowest BCUT2D eigenvalue weighted by molar-refractivity contribution is 0.126. The number of aliphatic hydroxyl groups excluding tert-OH is 1. The molecule has 2 N–H and O–H groups in total. The summed E-state index contributed by atoms with van der Waals surface area (Å²) in [4.78, 5) is 4.34. The molecule has 0 saturated heterocycles. The van der Waals surface area contributed by atoms with E-state index < -0.39 is 0 Å². The summed E-state index contributed by atoms with van der Waals surface area (Å²) < 4.78 is 1.23. The molecule has 0 radical (unpaired) electrons. The number of thiophene rings is 1. The average molecular weight is 248 g/mol. The maximum atomic E-state index is 9.50.